The van der Waals surface area contributed by atoms with E-state index < -0.39 is 15.7 Å². The Morgan fingerprint density at radius 1 is 1.25 bits per heavy atom. The van der Waals surface area contributed by atoms with Gasteiger partial charge in [0, 0.05) is 26.7 Å². The minimum absolute atomic E-state index is 0.147. The van der Waals surface area contributed by atoms with Crippen LogP contribution in [-0.2, 0) is 14.6 Å². The van der Waals surface area contributed by atoms with E-state index >= 15 is 0 Å². The first-order valence-corrected chi connectivity index (χ1v) is 11.7. The van der Waals surface area contributed by atoms with Crippen LogP contribution in [0.3, 0.4) is 0 Å². The lowest BCUT2D eigenvalue weighted by Crippen LogP contribution is -2.41. The lowest BCUT2D eigenvalue weighted by molar-refractivity contribution is 0.0169. The van der Waals surface area contributed by atoms with Gasteiger partial charge in [0.05, 0.1) is 11.9 Å². The Kier molecular flexibility index (Phi) is 9.18. The van der Waals surface area contributed by atoms with Crippen LogP contribution in [0.15, 0.2) is 34.2 Å². The van der Waals surface area contributed by atoms with Gasteiger partial charge in [0.25, 0.3) is 0 Å². The normalized spacial score (nSPS) is 16.9. The number of ether oxygens (including phenoxy) is 1. The van der Waals surface area contributed by atoms with Crippen LogP contribution in [0.1, 0.15) is 39.0 Å². The minimum atomic E-state index is -3.69. The number of hydrogen-bond acceptors (Lipinski definition) is 4. The summed E-state index contributed by atoms with van der Waals surface area (Å²) < 4.78 is 44.2. The summed E-state index contributed by atoms with van der Waals surface area (Å²) in [5.74, 6) is 0.227. The topological polar surface area (TPSA) is 79.8 Å². The molecule has 0 aliphatic heterocycles. The van der Waals surface area contributed by atoms with Crippen LogP contribution in [0.25, 0.3) is 0 Å². The van der Waals surface area contributed by atoms with E-state index in [1.807, 2.05) is 6.92 Å². The van der Waals surface area contributed by atoms with Crippen molar-refractivity contribution >= 4 is 15.8 Å². The van der Waals surface area contributed by atoms with E-state index in [9.17, 15) is 12.8 Å². The molecule has 1 aromatic carbocycles. The van der Waals surface area contributed by atoms with Crippen molar-refractivity contribution in [1.29, 1.82) is 0 Å². The van der Waals surface area contributed by atoms with Gasteiger partial charge in [-0.3, -0.25) is 4.99 Å². The average Bonchev–Trinajstić information content (AvgIpc) is 3.20. The van der Waals surface area contributed by atoms with E-state index in [2.05, 4.69) is 15.6 Å². The van der Waals surface area contributed by atoms with Gasteiger partial charge in [-0.25, -0.2) is 12.8 Å². The molecule has 2 rings (SSSR count). The van der Waals surface area contributed by atoms with E-state index in [1.54, 1.807) is 7.05 Å². The molecular formula is C20H32FN3O3S. The summed E-state index contributed by atoms with van der Waals surface area (Å²) in [5, 5.41) is 6.20. The number of sulfone groups is 1. The van der Waals surface area contributed by atoms with Gasteiger partial charge in [0.1, 0.15) is 10.7 Å². The summed E-state index contributed by atoms with van der Waals surface area (Å²) in [6.07, 6.45) is 6.14. The molecule has 6 nitrogen and oxygen atoms in total. The van der Waals surface area contributed by atoms with E-state index in [4.69, 9.17) is 4.74 Å². The second kappa shape index (κ2) is 11.4. The fourth-order valence-electron chi connectivity index (χ4n) is 3.66. The number of hydrogen-bond donors (Lipinski definition) is 2. The highest BCUT2D eigenvalue weighted by Gasteiger charge is 2.25. The molecule has 0 aromatic heterocycles. The summed E-state index contributed by atoms with van der Waals surface area (Å²) in [6, 6.07) is 5.43. The maximum Gasteiger partial charge on any atom is 0.191 e. The molecule has 1 aromatic rings. The van der Waals surface area contributed by atoms with Gasteiger partial charge in [-0.15, -0.1) is 0 Å². The molecule has 158 valence electrons. The van der Waals surface area contributed by atoms with Crippen LogP contribution in [-0.4, -0.2) is 53.0 Å². The van der Waals surface area contributed by atoms with Crippen LogP contribution in [0.5, 0.6) is 0 Å². The third kappa shape index (κ3) is 6.74. The van der Waals surface area contributed by atoms with Crippen molar-refractivity contribution in [3.63, 3.8) is 0 Å². The van der Waals surface area contributed by atoms with Crippen molar-refractivity contribution in [2.75, 3.05) is 32.5 Å². The van der Waals surface area contributed by atoms with Gasteiger partial charge in [0.15, 0.2) is 15.8 Å². The van der Waals surface area contributed by atoms with Crippen LogP contribution in [0.4, 0.5) is 4.39 Å². The van der Waals surface area contributed by atoms with Crippen molar-refractivity contribution in [2.45, 2.75) is 50.0 Å². The van der Waals surface area contributed by atoms with Crippen molar-refractivity contribution in [2.24, 2.45) is 10.9 Å². The highest BCUT2D eigenvalue weighted by Crippen LogP contribution is 2.30. The molecular weight excluding hydrogens is 381 g/mol. The van der Waals surface area contributed by atoms with Gasteiger partial charge < -0.3 is 15.4 Å². The van der Waals surface area contributed by atoms with E-state index in [-0.39, 0.29) is 23.3 Å². The lowest BCUT2D eigenvalue weighted by Gasteiger charge is -2.24. The highest BCUT2D eigenvalue weighted by atomic mass is 32.2. The maximum atomic E-state index is 13.7. The van der Waals surface area contributed by atoms with Crippen LogP contribution in [0.2, 0.25) is 0 Å². The quantitative estimate of drug-likeness (QED) is 0.455. The number of nitrogens with zero attached hydrogens (tertiary/aromatic N) is 1. The minimum Gasteiger partial charge on any atom is -0.378 e. The highest BCUT2D eigenvalue weighted by molar-refractivity contribution is 7.91. The third-order valence-electron chi connectivity index (χ3n) is 5.09. The Bertz CT molecular complexity index is 734. The third-order valence-corrected chi connectivity index (χ3v) is 6.83. The fraction of sp³-hybridized carbons (Fsp3) is 0.650. The molecule has 28 heavy (non-hydrogen) atoms. The number of benzene rings is 1. The second-order valence-electron chi connectivity index (χ2n) is 7.00. The Hall–Kier alpha value is -1.67. The van der Waals surface area contributed by atoms with Crippen LogP contribution < -0.4 is 10.6 Å². The summed E-state index contributed by atoms with van der Waals surface area (Å²) in [4.78, 5) is 3.86. The molecule has 0 spiro atoms. The Morgan fingerprint density at radius 2 is 1.93 bits per heavy atom. The zero-order valence-corrected chi connectivity index (χ0v) is 17.6. The van der Waals surface area contributed by atoms with Crippen molar-refractivity contribution in [1.82, 2.24) is 10.6 Å². The molecule has 1 aliphatic carbocycles. The molecule has 1 aliphatic rings. The van der Waals surface area contributed by atoms with Gasteiger partial charge in [-0.2, -0.15) is 0 Å². The number of halogens is 1. The van der Waals surface area contributed by atoms with Crippen molar-refractivity contribution < 1.29 is 17.5 Å². The van der Waals surface area contributed by atoms with E-state index in [0.29, 0.717) is 25.0 Å². The molecule has 1 saturated carbocycles. The first kappa shape index (κ1) is 22.6. The molecule has 8 heteroatoms. The fourth-order valence-corrected chi connectivity index (χ4v) is 4.90. The SMILES string of the molecule is CCOC(CCNC(=NC)NCCS(=O)(=O)c1ccccc1F)C1CCCC1. The number of aliphatic imine (C=N–C) groups is 1. The lowest BCUT2D eigenvalue weighted by atomic mass is 9.98. The first-order chi connectivity index (χ1) is 13.5. The smallest absolute Gasteiger partial charge is 0.191 e. The molecule has 0 amide bonds. The van der Waals surface area contributed by atoms with Crippen LogP contribution >= 0.6 is 0 Å². The summed E-state index contributed by atoms with van der Waals surface area (Å²) in [6.45, 7) is 3.57. The van der Waals surface area contributed by atoms with Gasteiger partial charge >= 0.3 is 0 Å². The molecule has 2 N–H and O–H groups in total. The molecule has 1 unspecified atom stereocenters. The maximum absolute atomic E-state index is 13.7. The Morgan fingerprint density at radius 3 is 2.57 bits per heavy atom. The number of guanidine groups is 1. The summed E-state index contributed by atoms with van der Waals surface area (Å²) >= 11 is 0. The van der Waals surface area contributed by atoms with Crippen molar-refractivity contribution in [3.05, 3.63) is 30.1 Å². The van der Waals surface area contributed by atoms with E-state index in [0.717, 1.165) is 12.5 Å². The zero-order valence-electron chi connectivity index (χ0n) is 16.8. The second-order valence-corrected chi connectivity index (χ2v) is 9.08. The standard InChI is InChI=1S/C20H32FN3O3S/c1-3-27-18(16-8-4-5-9-16)12-13-23-20(22-2)24-14-15-28(25,26)19-11-7-6-10-17(19)21/h6-7,10-11,16,18H,3-5,8-9,12-15H2,1-2H3,(H2,22,23,24). The Balaban J connectivity index is 1.77. The molecule has 0 radical (unpaired) electrons. The molecule has 1 atom stereocenters. The van der Waals surface area contributed by atoms with E-state index in [1.165, 1.54) is 43.9 Å². The van der Waals surface area contributed by atoms with Crippen LogP contribution in [0, 0.1) is 11.7 Å². The largest absolute Gasteiger partial charge is 0.378 e. The molecule has 0 heterocycles. The van der Waals surface area contributed by atoms with Crippen molar-refractivity contribution in [3.8, 4) is 0 Å². The summed E-state index contributed by atoms with van der Waals surface area (Å²) in [5.41, 5.74) is 0. The molecule has 0 bridgehead atoms. The average molecular weight is 414 g/mol. The molecule has 0 saturated heterocycles. The predicted octanol–water partition coefficient (Wildman–Crippen LogP) is 2.75. The molecule has 1 fully saturated rings. The first-order valence-electron chi connectivity index (χ1n) is 10.0. The number of rotatable bonds is 10. The Labute approximate surface area is 167 Å². The monoisotopic (exact) mass is 413 g/mol. The van der Waals surface area contributed by atoms with Gasteiger partial charge in [-0.05, 0) is 44.2 Å². The number of nitrogens with one attached hydrogen (secondary N) is 2. The predicted molar refractivity (Wildman–Crippen MR) is 110 cm³/mol. The van der Waals surface area contributed by atoms with Gasteiger partial charge in [0.2, 0.25) is 0 Å². The zero-order chi connectivity index (χ0) is 20.4. The summed E-state index contributed by atoms with van der Waals surface area (Å²) in [7, 11) is -2.05. The van der Waals surface area contributed by atoms with Gasteiger partial charge in [-0.1, -0.05) is 25.0 Å².